The number of benzene rings is 1. The summed E-state index contributed by atoms with van der Waals surface area (Å²) in [4.78, 5) is 12.5. The summed E-state index contributed by atoms with van der Waals surface area (Å²) in [6.07, 6.45) is 6.08. The van der Waals surface area contributed by atoms with E-state index in [4.69, 9.17) is 0 Å². The smallest absolute Gasteiger partial charge is 0.267 e. The summed E-state index contributed by atoms with van der Waals surface area (Å²) >= 11 is 3.64. The molecule has 0 atom stereocenters. The molecule has 0 spiro atoms. The summed E-state index contributed by atoms with van der Waals surface area (Å²) < 4.78 is 1.55. The van der Waals surface area contributed by atoms with Gasteiger partial charge in [0, 0.05) is 5.33 Å². The maximum absolute atomic E-state index is 12.5. The van der Waals surface area contributed by atoms with Crippen molar-refractivity contribution in [2.45, 2.75) is 38.6 Å². The lowest BCUT2D eigenvalue weighted by Crippen LogP contribution is -2.37. The van der Waals surface area contributed by atoms with Gasteiger partial charge in [-0.15, -0.1) is 5.10 Å². The van der Waals surface area contributed by atoms with Crippen LogP contribution in [-0.4, -0.2) is 20.3 Å². The van der Waals surface area contributed by atoms with E-state index in [0.29, 0.717) is 17.4 Å². The Balaban J connectivity index is 1.98. The molecule has 5 heteroatoms. The van der Waals surface area contributed by atoms with Gasteiger partial charge in [-0.2, -0.15) is 0 Å². The van der Waals surface area contributed by atoms with Crippen molar-refractivity contribution >= 4 is 26.8 Å². The SMILES string of the molecule is O=c1c2ccccc2nnn1CC1(CBr)CCCCC1. The second kappa shape index (κ2) is 5.64. The highest BCUT2D eigenvalue weighted by molar-refractivity contribution is 9.09. The van der Waals surface area contributed by atoms with Gasteiger partial charge in [0.25, 0.3) is 5.56 Å². The van der Waals surface area contributed by atoms with Crippen LogP contribution in [0.4, 0.5) is 0 Å². The monoisotopic (exact) mass is 335 g/mol. The second-order valence-corrected chi connectivity index (χ2v) is 6.32. The molecule has 0 saturated heterocycles. The van der Waals surface area contributed by atoms with E-state index in [0.717, 1.165) is 18.2 Å². The fourth-order valence-electron chi connectivity index (χ4n) is 3.08. The molecule has 1 saturated carbocycles. The molecule has 0 radical (unpaired) electrons. The lowest BCUT2D eigenvalue weighted by molar-refractivity contribution is 0.178. The van der Waals surface area contributed by atoms with E-state index in [1.807, 2.05) is 24.3 Å². The number of hydrogen-bond acceptors (Lipinski definition) is 3. The first kappa shape index (κ1) is 13.7. The highest BCUT2D eigenvalue weighted by Crippen LogP contribution is 2.38. The quantitative estimate of drug-likeness (QED) is 0.809. The molecule has 1 aromatic heterocycles. The summed E-state index contributed by atoms with van der Waals surface area (Å²) in [6.45, 7) is 0.662. The van der Waals surface area contributed by atoms with E-state index >= 15 is 0 Å². The van der Waals surface area contributed by atoms with Gasteiger partial charge in [0.2, 0.25) is 0 Å². The van der Waals surface area contributed by atoms with Gasteiger partial charge in [0.05, 0.1) is 11.9 Å². The number of alkyl halides is 1. The standard InChI is InChI=1S/C15H18BrN3O/c16-10-15(8-4-1-5-9-15)11-19-14(20)12-6-2-3-7-13(12)17-18-19/h2-3,6-7H,1,4-5,8-11H2. The number of aromatic nitrogens is 3. The Hall–Kier alpha value is -1.23. The molecule has 20 heavy (non-hydrogen) atoms. The third-order valence-corrected chi connectivity index (χ3v) is 5.50. The zero-order chi connectivity index (χ0) is 14.0. The van der Waals surface area contributed by atoms with Crippen LogP contribution >= 0.6 is 15.9 Å². The van der Waals surface area contributed by atoms with Crippen molar-refractivity contribution in [1.29, 1.82) is 0 Å². The van der Waals surface area contributed by atoms with E-state index < -0.39 is 0 Å². The Morgan fingerprint density at radius 3 is 2.70 bits per heavy atom. The highest BCUT2D eigenvalue weighted by Gasteiger charge is 2.32. The average Bonchev–Trinajstić information content (AvgIpc) is 2.51. The van der Waals surface area contributed by atoms with Gasteiger partial charge in [0.15, 0.2) is 0 Å². The Labute approximate surface area is 126 Å². The average molecular weight is 336 g/mol. The lowest BCUT2D eigenvalue weighted by atomic mass is 9.75. The number of halogens is 1. The van der Waals surface area contributed by atoms with Crippen molar-refractivity contribution in [2.75, 3.05) is 5.33 Å². The molecule has 0 unspecified atom stereocenters. The third-order valence-electron chi connectivity index (χ3n) is 4.31. The van der Waals surface area contributed by atoms with Crippen LogP contribution < -0.4 is 5.56 Å². The van der Waals surface area contributed by atoms with Crippen LogP contribution in [0, 0.1) is 5.41 Å². The van der Waals surface area contributed by atoms with Crippen molar-refractivity contribution in [3.8, 4) is 0 Å². The van der Waals surface area contributed by atoms with E-state index in [9.17, 15) is 4.79 Å². The molecule has 1 aliphatic carbocycles. The molecule has 3 rings (SSSR count). The maximum Gasteiger partial charge on any atom is 0.277 e. The van der Waals surface area contributed by atoms with Gasteiger partial charge in [-0.25, -0.2) is 4.68 Å². The number of rotatable bonds is 3. The van der Waals surface area contributed by atoms with Crippen molar-refractivity contribution < 1.29 is 0 Å². The zero-order valence-electron chi connectivity index (χ0n) is 11.4. The topological polar surface area (TPSA) is 47.8 Å². The number of nitrogens with zero attached hydrogens (tertiary/aromatic N) is 3. The minimum atomic E-state index is -0.0264. The molecule has 1 fully saturated rings. The third kappa shape index (κ3) is 2.51. The zero-order valence-corrected chi connectivity index (χ0v) is 13.0. The molecule has 0 aliphatic heterocycles. The molecule has 0 N–H and O–H groups in total. The van der Waals surface area contributed by atoms with Gasteiger partial charge < -0.3 is 0 Å². The molecule has 1 aliphatic rings. The predicted molar refractivity (Wildman–Crippen MR) is 83.1 cm³/mol. The summed E-state index contributed by atoms with van der Waals surface area (Å²) in [5, 5.41) is 9.87. The van der Waals surface area contributed by atoms with Gasteiger partial charge in [0.1, 0.15) is 5.52 Å². The Kier molecular flexibility index (Phi) is 3.87. The Morgan fingerprint density at radius 1 is 1.20 bits per heavy atom. The summed E-state index contributed by atoms with van der Waals surface area (Å²) in [5.41, 5.74) is 0.797. The van der Waals surface area contributed by atoms with Crippen molar-refractivity contribution in [3.05, 3.63) is 34.6 Å². The van der Waals surface area contributed by atoms with Gasteiger partial charge in [-0.05, 0) is 30.4 Å². The first-order chi connectivity index (χ1) is 9.74. The molecule has 2 aromatic rings. The summed E-state index contributed by atoms with van der Waals surface area (Å²) in [5.74, 6) is 0. The summed E-state index contributed by atoms with van der Waals surface area (Å²) in [7, 11) is 0. The molecular formula is C15H18BrN3O. The predicted octanol–water partition coefficient (Wildman–Crippen LogP) is 3.14. The van der Waals surface area contributed by atoms with Gasteiger partial charge >= 0.3 is 0 Å². The fourth-order valence-corrected chi connectivity index (χ4v) is 3.82. The van der Waals surface area contributed by atoms with Crippen LogP contribution in [0.1, 0.15) is 32.1 Å². The van der Waals surface area contributed by atoms with Crippen LogP contribution in [0.25, 0.3) is 10.9 Å². The molecule has 0 amide bonds. The molecule has 1 aromatic carbocycles. The van der Waals surface area contributed by atoms with E-state index in [1.165, 1.54) is 19.3 Å². The Morgan fingerprint density at radius 2 is 1.95 bits per heavy atom. The van der Waals surface area contributed by atoms with Crippen molar-refractivity contribution in [3.63, 3.8) is 0 Å². The van der Waals surface area contributed by atoms with Crippen molar-refractivity contribution in [1.82, 2.24) is 15.0 Å². The van der Waals surface area contributed by atoms with E-state index in [1.54, 1.807) is 4.68 Å². The lowest BCUT2D eigenvalue weighted by Gasteiger charge is -2.35. The number of hydrogen-bond donors (Lipinski definition) is 0. The van der Waals surface area contributed by atoms with Crippen molar-refractivity contribution in [2.24, 2.45) is 5.41 Å². The highest BCUT2D eigenvalue weighted by atomic mass is 79.9. The first-order valence-electron chi connectivity index (χ1n) is 7.13. The minimum absolute atomic E-state index is 0.0264. The molecule has 106 valence electrons. The van der Waals surface area contributed by atoms with Crippen LogP contribution in [0.15, 0.2) is 29.1 Å². The molecular weight excluding hydrogens is 318 g/mol. The minimum Gasteiger partial charge on any atom is -0.267 e. The van der Waals surface area contributed by atoms with E-state index in [-0.39, 0.29) is 11.0 Å². The first-order valence-corrected chi connectivity index (χ1v) is 8.25. The normalized spacial score (nSPS) is 18.2. The largest absolute Gasteiger partial charge is 0.277 e. The fraction of sp³-hybridized carbons (Fsp3) is 0.533. The van der Waals surface area contributed by atoms with E-state index in [2.05, 4.69) is 26.2 Å². The van der Waals surface area contributed by atoms with Gasteiger partial charge in [-0.1, -0.05) is 52.5 Å². The van der Waals surface area contributed by atoms with Crippen LogP contribution in [0.3, 0.4) is 0 Å². The maximum atomic E-state index is 12.5. The molecule has 0 bridgehead atoms. The van der Waals surface area contributed by atoms with Crippen LogP contribution in [0.5, 0.6) is 0 Å². The summed E-state index contributed by atoms with van der Waals surface area (Å²) in [6, 6.07) is 7.40. The molecule has 4 nitrogen and oxygen atoms in total. The number of fused-ring (bicyclic) bond motifs is 1. The van der Waals surface area contributed by atoms with Gasteiger partial charge in [-0.3, -0.25) is 4.79 Å². The molecule has 1 heterocycles. The van der Waals surface area contributed by atoms with Crippen LogP contribution in [-0.2, 0) is 6.54 Å². The Bertz CT molecular complexity index is 661. The van der Waals surface area contributed by atoms with Crippen LogP contribution in [0.2, 0.25) is 0 Å². The second-order valence-electron chi connectivity index (χ2n) is 5.76.